The van der Waals surface area contributed by atoms with Crippen LogP contribution in [0.3, 0.4) is 0 Å². The molecule has 0 aromatic heterocycles. The number of esters is 2. The van der Waals surface area contributed by atoms with Crippen LogP contribution in [0.4, 0.5) is 0 Å². The summed E-state index contributed by atoms with van der Waals surface area (Å²) in [6, 6.07) is 0. The van der Waals surface area contributed by atoms with Crippen LogP contribution in [0, 0.1) is 0 Å². The molecule has 0 aromatic rings. The van der Waals surface area contributed by atoms with E-state index in [0.717, 1.165) is 44.9 Å². The van der Waals surface area contributed by atoms with Crippen LogP contribution in [0.5, 0.6) is 0 Å². The maximum Gasteiger partial charge on any atom is 0.306 e. The molecule has 4 atom stereocenters. The molecule has 0 bridgehead atoms. The Morgan fingerprint density at radius 1 is 0.632 bits per heavy atom. The number of quaternary nitrogens is 1. The summed E-state index contributed by atoms with van der Waals surface area (Å²) in [4.78, 5) is 37.6. The number of ether oxygens (including phenoxy) is 3. The number of phosphoric acid groups is 1. The van der Waals surface area contributed by atoms with E-state index in [1.54, 1.807) is 0 Å². The molecule has 3 unspecified atom stereocenters. The Hall–Kier alpha value is -1.81. The SMILES string of the molecule is CCCCC/C=C\CC1OC1C/C=C\C/C=C\CCCC(=O)O[C@H](COC(=O)CCCCCCCCCCCCCCCCC)COP(=O)([O-])OCC[N+](C)(C)C. The standard InChI is InChI=1S/C46H84NO9P/c1-6-8-10-12-14-15-16-17-18-19-20-21-24-28-32-36-45(48)52-40-42(41-54-57(50,51)53-39-38-47(3,4)5)55-46(49)37-33-29-25-22-23-27-31-35-44-43(56-44)34-30-26-13-11-9-7-2/h22,25-27,30-31,42-44H,6-21,23-24,28-29,32-41H2,1-5H3/b25-22-,30-26-,31-27-/t42-,43?,44?/m1/s1. The minimum absolute atomic E-state index is 0.0429. The van der Waals surface area contributed by atoms with Crippen LogP contribution in [0.15, 0.2) is 36.5 Å². The van der Waals surface area contributed by atoms with E-state index in [-0.39, 0.29) is 26.1 Å². The summed E-state index contributed by atoms with van der Waals surface area (Å²) in [5.74, 6) is -0.902. The summed E-state index contributed by atoms with van der Waals surface area (Å²) in [6.07, 6.45) is 40.6. The molecular formula is C46H84NO9P. The van der Waals surface area contributed by atoms with Gasteiger partial charge in [-0.05, 0) is 51.4 Å². The number of nitrogens with zero attached hydrogens (tertiary/aromatic N) is 1. The number of rotatable bonds is 40. The number of carbonyl (C=O) groups excluding carboxylic acids is 2. The zero-order valence-electron chi connectivity index (χ0n) is 37.0. The summed E-state index contributed by atoms with van der Waals surface area (Å²) < 4.78 is 39.6. The third kappa shape index (κ3) is 35.8. The van der Waals surface area contributed by atoms with Gasteiger partial charge >= 0.3 is 11.9 Å². The summed E-state index contributed by atoms with van der Waals surface area (Å²) in [7, 11) is 1.12. The molecule has 0 radical (unpaired) electrons. The van der Waals surface area contributed by atoms with E-state index in [0.29, 0.717) is 36.1 Å². The van der Waals surface area contributed by atoms with Gasteiger partial charge in [0.1, 0.15) is 19.8 Å². The Labute approximate surface area is 348 Å². The van der Waals surface area contributed by atoms with E-state index >= 15 is 0 Å². The molecule has 1 heterocycles. The monoisotopic (exact) mass is 826 g/mol. The molecule has 0 amide bonds. The number of hydrogen-bond donors (Lipinski definition) is 0. The van der Waals surface area contributed by atoms with Gasteiger partial charge in [0.2, 0.25) is 0 Å². The third-order valence-corrected chi connectivity index (χ3v) is 11.0. The third-order valence-electron chi connectivity index (χ3n) is 10.1. The summed E-state index contributed by atoms with van der Waals surface area (Å²) >= 11 is 0. The van der Waals surface area contributed by atoms with E-state index in [4.69, 9.17) is 23.3 Å². The van der Waals surface area contributed by atoms with Gasteiger partial charge in [-0.2, -0.15) is 0 Å². The van der Waals surface area contributed by atoms with Crippen molar-refractivity contribution in [1.82, 2.24) is 0 Å². The molecule has 0 aliphatic carbocycles. The highest BCUT2D eigenvalue weighted by atomic mass is 31.2. The molecule has 1 fully saturated rings. The molecule has 0 saturated carbocycles. The fraction of sp³-hybridized carbons (Fsp3) is 0.826. The number of epoxide rings is 1. The molecule has 1 saturated heterocycles. The normalized spacial score (nSPS) is 17.4. The molecule has 10 nitrogen and oxygen atoms in total. The maximum atomic E-state index is 12.7. The molecule has 0 aromatic carbocycles. The highest BCUT2D eigenvalue weighted by molar-refractivity contribution is 7.45. The lowest BCUT2D eigenvalue weighted by molar-refractivity contribution is -0.870. The molecule has 1 aliphatic heterocycles. The van der Waals surface area contributed by atoms with Gasteiger partial charge in [0.15, 0.2) is 6.10 Å². The van der Waals surface area contributed by atoms with E-state index < -0.39 is 32.5 Å². The maximum absolute atomic E-state index is 12.7. The second-order valence-electron chi connectivity index (χ2n) is 16.8. The smallest absolute Gasteiger partial charge is 0.306 e. The largest absolute Gasteiger partial charge is 0.756 e. The fourth-order valence-electron chi connectivity index (χ4n) is 6.34. The Balaban J connectivity index is 2.31. The summed E-state index contributed by atoms with van der Waals surface area (Å²) in [6.45, 7) is 4.13. The number of carbonyl (C=O) groups is 2. The zero-order valence-corrected chi connectivity index (χ0v) is 37.9. The van der Waals surface area contributed by atoms with Crippen molar-refractivity contribution in [3.63, 3.8) is 0 Å². The van der Waals surface area contributed by atoms with E-state index in [1.165, 1.54) is 96.3 Å². The second kappa shape index (κ2) is 35.0. The minimum Gasteiger partial charge on any atom is -0.756 e. The molecule has 57 heavy (non-hydrogen) atoms. The van der Waals surface area contributed by atoms with Gasteiger partial charge < -0.3 is 32.6 Å². The molecule has 332 valence electrons. The van der Waals surface area contributed by atoms with Gasteiger partial charge in [-0.3, -0.25) is 14.2 Å². The Morgan fingerprint density at radius 3 is 1.72 bits per heavy atom. The highest BCUT2D eigenvalue weighted by Crippen LogP contribution is 2.38. The average molecular weight is 826 g/mol. The first kappa shape index (κ1) is 53.2. The summed E-state index contributed by atoms with van der Waals surface area (Å²) in [5, 5.41) is 0. The van der Waals surface area contributed by atoms with Crippen molar-refractivity contribution in [2.75, 3.05) is 47.5 Å². The number of likely N-dealkylation sites (N-methyl/N-ethyl adjacent to an activating group) is 1. The van der Waals surface area contributed by atoms with Crippen LogP contribution in [0.2, 0.25) is 0 Å². The first-order valence-electron chi connectivity index (χ1n) is 22.8. The first-order chi connectivity index (χ1) is 27.5. The van der Waals surface area contributed by atoms with Crippen LogP contribution in [-0.2, 0) is 37.4 Å². The van der Waals surface area contributed by atoms with E-state index in [2.05, 4.69) is 44.2 Å². The average Bonchev–Trinajstić information content (AvgIpc) is 3.92. The lowest BCUT2D eigenvalue weighted by Crippen LogP contribution is -2.37. The lowest BCUT2D eigenvalue weighted by atomic mass is 10.0. The van der Waals surface area contributed by atoms with Gasteiger partial charge in [-0.1, -0.05) is 153 Å². The van der Waals surface area contributed by atoms with Crippen LogP contribution in [0.1, 0.15) is 181 Å². The number of hydrogen-bond acceptors (Lipinski definition) is 9. The molecule has 1 rings (SSSR count). The van der Waals surface area contributed by atoms with Crippen molar-refractivity contribution in [2.45, 2.75) is 199 Å². The predicted molar refractivity (Wildman–Crippen MR) is 231 cm³/mol. The van der Waals surface area contributed by atoms with E-state index in [1.807, 2.05) is 27.2 Å². The molecule has 0 N–H and O–H groups in total. The highest BCUT2D eigenvalue weighted by Gasteiger charge is 2.36. The second-order valence-corrected chi connectivity index (χ2v) is 18.2. The summed E-state index contributed by atoms with van der Waals surface area (Å²) in [5.41, 5.74) is 0. The number of allylic oxidation sites excluding steroid dienone is 4. The van der Waals surface area contributed by atoms with Crippen LogP contribution >= 0.6 is 7.82 Å². The molecule has 1 aliphatic rings. The van der Waals surface area contributed by atoms with Crippen LogP contribution in [0.25, 0.3) is 0 Å². The van der Waals surface area contributed by atoms with Crippen molar-refractivity contribution in [1.29, 1.82) is 0 Å². The van der Waals surface area contributed by atoms with Crippen molar-refractivity contribution in [3.8, 4) is 0 Å². The lowest BCUT2D eigenvalue weighted by Gasteiger charge is -2.28. The van der Waals surface area contributed by atoms with Gasteiger partial charge in [0.25, 0.3) is 7.82 Å². The van der Waals surface area contributed by atoms with Crippen molar-refractivity contribution in [2.24, 2.45) is 0 Å². The Morgan fingerprint density at radius 2 is 1.12 bits per heavy atom. The van der Waals surface area contributed by atoms with Crippen LogP contribution < -0.4 is 4.89 Å². The van der Waals surface area contributed by atoms with Crippen molar-refractivity contribution >= 4 is 19.8 Å². The molecule has 0 spiro atoms. The van der Waals surface area contributed by atoms with Gasteiger partial charge in [-0.15, -0.1) is 0 Å². The van der Waals surface area contributed by atoms with Crippen molar-refractivity contribution < 1.29 is 46.8 Å². The minimum atomic E-state index is -4.64. The number of phosphoric ester groups is 1. The fourth-order valence-corrected chi connectivity index (χ4v) is 7.06. The number of unbranched alkanes of at least 4 members (excludes halogenated alkanes) is 18. The first-order valence-corrected chi connectivity index (χ1v) is 24.3. The molecule has 11 heteroatoms. The topological polar surface area (TPSA) is 124 Å². The van der Waals surface area contributed by atoms with Gasteiger partial charge in [0.05, 0.1) is 40.0 Å². The van der Waals surface area contributed by atoms with E-state index in [9.17, 15) is 19.0 Å². The zero-order chi connectivity index (χ0) is 41.9. The van der Waals surface area contributed by atoms with Gasteiger partial charge in [0, 0.05) is 12.8 Å². The van der Waals surface area contributed by atoms with Crippen molar-refractivity contribution in [3.05, 3.63) is 36.5 Å². The van der Waals surface area contributed by atoms with Gasteiger partial charge in [-0.25, -0.2) is 0 Å². The Bertz CT molecular complexity index is 1140. The predicted octanol–water partition coefficient (Wildman–Crippen LogP) is 11.3. The van der Waals surface area contributed by atoms with Crippen LogP contribution in [-0.4, -0.2) is 82.2 Å². The molecular weight excluding hydrogens is 741 g/mol. The Kier molecular flexibility index (Phi) is 32.7. The quantitative estimate of drug-likeness (QED) is 0.0148.